The molecule has 1 heterocycles. The molecular weight excluding hydrogens is 416 g/mol. The van der Waals surface area contributed by atoms with Crippen molar-refractivity contribution in [2.75, 3.05) is 0 Å². The van der Waals surface area contributed by atoms with Gasteiger partial charge in [0, 0.05) is 5.56 Å². The largest absolute Gasteiger partial charge is 0.364 e. The van der Waals surface area contributed by atoms with Crippen LogP contribution < -0.4 is 18.6 Å². The second-order valence-electron chi connectivity index (χ2n) is 6.95. The standard InChI is InChI=1S/C25H21O.ClHO4/c1-18-13-15-21(16-14-18)24-17-23(20-9-5-3-6-10-20)19(2)25(26-24)22-11-7-4-8-12-22;2-1(3,4)5/h3-17H,1-2H3;(H,2,3,4,5)/q+1;/p-1. The zero-order valence-electron chi connectivity index (χ0n) is 17.1. The highest BCUT2D eigenvalue weighted by molar-refractivity contribution is 5.78. The van der Waals surface area contributed by atoms with Crippen LogP contribution in [0.25, 0.3) is 33.8 Å². The van der Waals surface area contributed by atoms with Crippen molar-refractivity contribution >= 4 is 0 Å². The van der Waals surface area contributed by atoms with E-state index in [4.69, 9.17) is 23.1 Å². The number of benzene rings is 3. The van der Waals surface area contributed by atoms with Crippen LogP contribution in [0.15, 0.2) is 95.4 Å². The van der Waals surface area contributed by atoms with Crippen LogP contribution in [0.5, 0.6) is 0 Å². The first-order valence-electron chi connectivity index (χ1n) is 9.50. The lowest BCUT2D eigenvalue weighted by Gasteiger charge is -2.17. The predicted molar refractivity (Wildman–Crippen MR) is 109 cm³/mol. The van der Waals surface area contributed by atoms with Gasteiger partial charge in [-0.2, -0.15) is 0 Å². The Morgan fingerprint density at radius 2 is 1.10 bits per heavy atom. The normalized spacial score (nSPS) is 10.9. The number of hydrogen-bond acceptors (Lipinski definition) is 4. The van der Waals surface area contributed by atoms with Crippen LogP contribution in [-0.2, 0) is 0 Å². The van der Waals surface area contributed by atoms with Crippen molar-refractivity contribution < 1.29 is 33.3 Å². The SMILES string of the molecule is Cc1ccc(-c2cc(-c3ccccc3)c(C)c(-c3ccccc3)[o+]2)cc1.[O-][Cl+3]([O-])([O-])[O-]. The molecule has 1 aromatic heterocycles. The highest BCUT2D eigenvalue weighted by Gasteiger charge is 2.24. The Kier molecular flexibility index (Phi) is 7.17. The highest BCUT2D eigenvalue weighted by atomic mass is 35.7. The van der Waals surface area contributed by atoms with E-state index in [1.807, 2.05) is 24.3 Å². The Bertz CT molecular complexity index is 1060. The molecule has 0 bridgehead atoms. The summed E-state index contributed by atoms with van der Waals surface area (Å²) in [6.07, 6.45) is 0. The van der Waals surface area contributed by atoms with Gasteiger partial charge in [0.15, 0.2) is 0 Å². The molecule has 4 aromatic rings. The molecule has 0 radical (unpaired) electrons. The lowest BCUT2D eigenvalue weighted by atomic mass is 9.96. The molecule has 0 fully saturated rings. The van der Waals surface area contributed by atoms with Crippen molar-refractivity contribution in [3.05, 3.63) is 102 Å². The molecular formula is C25H21ClO5. The monoisotopic (exact) mass is 436 g/mol. The number of aryl methyl sites for hydroxylation is 1. The van der Waals surface area contributed by atoms with Crippen LogP contribution in [0.3, 0.4) is 0 Å². The average molecular weight is 437 g/mol. The number of rotatable bonds is 3. The maximum atomic E-state index is 8.49. The second kappa shape index (κ2) is 9.83. The predicted octanol–water partition coefficient (Wildman–Crippen LogP) is 2.42. The molecule has 31 heavy (non-hydrogen) atoms. The third-order valence-electron chi connectivity index (χ3n) is 4.69. The Balaban J connectivity index is 0.000000491. The minimum absolute atomic E-state index is 0.883. The molecule has 0 unspecified atom stereocenters. The van der Waals surface area contributed by atoms with Gasteiger partial charge in [-0.25, -0.2) is 23.1 Å². The average Bonchev–Trinajstić information content (AvgIpc) is 2.75. The maximum absolute atomic E-state index is 8.49. The summed E-state index contributed by atoms with van der Waals surface area (Å²) < 4.78 is 40.4. The van der Waals surface area contributed by atoms with Gasteiger partial charge in [-0.3, -0.25) is 0 Å². The molecule has 0 aliphatic carbocycles. The van der Waals surface area contributed by atoms with E-state index in [-0.39, 0.29) is 0 Å². The van der Waals surface area contributed by atoms with Gasteiger partial charge >= 0.3 is 11.5 Å². The van der Waals surface area contributed by atoms with Crippen molar-refractivity contribution in [1.82, 2.24) is 0 Å². The first-order chi connectivity index (χ1) is 14.7. The van der Waals surface area contributed by atoms with Gasteiger partial charge in [-0.05, 0) is 43.7 Å². The van der Waals surface area contributed by atoms with Crippen molar-refractivity contribution in [3.63, 3.8) is 0 Å². The molecule has 3 aromatic carbocycles. The Hall–Kier alpha value is -3.06. The summed E-state index contributed by atoms with van der Waals surface area (Å²) in [5, 5.41) is 0. The lowest BCUT2D eigenvalue weighted by Crippen LogP contribution is -2.68. The molecule has 4 rings (SSSR count). The van der Waals surface area contributed by atoms with Crippen LogP contribution in [0.4, 0.5) is 0 Å². The van der Waals surface area contributed by atoms with Crippen LogP contribution in [0.2, 0.25) is 0 Å². The summed E-state index contributed by atoms with van der Waals surface area (Å²) in [4.78, 5) is 0. The first-order valence-corrected chi connectivity index (χ1v) is 10.7. The van der Waals surface area contributed by atoms with Gasteiger partial charge in [0.25, 0.3) is 0 Å². The zero-order valence-corrected chi connectivity index (χ0v) is 17.8. The fourth-order valence-corrected chi connectivity index (χ4v) is 3.22. The van der Waals surface area contributed by atoms with Crippen LogP contribution in [0.1, 0.15) is 11.1 Å². The van der Waals surface area contributed by atoms with Crippen LogP contribution >= 0.6 is 0 Å². The molecule has 0 saturated heterocycles. The van der Waals surface area contributed by atoms with Gasteiger partial charge < -0.3 is 0 Å². The van der Waals surface area contributed by atoms with Crippen molar-refractivity contribution in [2.24, 2.45) is 0 Å². The third-order valence-corrected chi connectivity index (χ3v) is 4.69. The topological polar surface area (TPSA) is 104 Å². The van der Waals surface area contributed by atoms with Gasteiger partial charge in [0.1, 0.15) is 0 Å². The third kappa shape index (κ3) is 6.46. The van der Waals surface area contributed by atoms with E-state index >= 15 is 0 Å². The fourth-order valence-electron chi connectivity index (χ4n) is 3.22. The molecule has 158 valence electrons. The molecule has 5 nitrogen and oxygen atoms in total. The van der Waals surface area contributed by atoms with Crippen LogP contribution in [-0.4, -0.2) is 0 Å². The van der Waals surface area contributed by atoms with E-state index in [0.717, 1.165) is 28.2 Å². The fraction of sp³-hybridized carbons (Fsp3) is 0.0800. The summed E-state index contributed by atoms with van der Waals surface area (Å²) in [5.74, 6) is 1.80. The van der Waals surface area contributed by atoms with E-state index in [1.165, 1.54) is 16.7 Å². The quantitative estimate of drug-likeness (QED) is 0.459. The smallest absolute Gasteiger partial charge is 0.222 e. The molecule has 0 N–H and O–H groups in total. The molecule has 6 heteroatoms. The molecule has 0 saturated carbocycles. The maximum Gasteiger partial charge on any atom is 0.364 e. The Labute approximate surface area is 183 Å². The zero-order chi connectivity index (χ0) is 22.4. The minimum atomic E-state index is -4.94. The minimum Gasteiger partial charge on any atom is -0.222 e. The molecule has 0 amide bonds. The van der Waals surface area contributed by atoms with Crippen molar-refractivity contribution in [2.45, 2.75) is 13.8 Å². The Morgan fingerprint density at radius 1 is 0.613 bits per heavy atom. The molecule has 0 aliphatic heterocycles. The first kappa shape index (κ1) is 22.6. The lowest BCUT2D eigenvalue weighted by molar-refractivity contribution is -2.00. The van der Waals surface area contributed by atoms with E-state index < -0.39 is 10.2 Å². The van der Waals surface area contributed by atoms with E-state index in [1.54, 1.807) is 0 Å². The van der Waals surface area contributed by atoms with Crippen molar-refractivity contribution in [3.8, 4) is 33.8 Å². The summed E-state index contributed by atoms with van der Waals surface area (Å²) >= 11 is 0. The summed E-state index contributed by atoms with van der Waals surface area (Å²) in [7, 11) is -4.94. The van der Waals surface area contributed by atoms with Gasteiger partial charge in [0.05, 0.1) is 22.8 Å². The summed E-state index contributed by atoms with van der Waals surface area (Å²) in [6, 6.07) is 31.4. The summed E-state index contributed by atoms with van der Waals surface area (Å²) in [6.45, 7) is 4.23. The van der Waals surface area contributed by atoms with Gasteiger partial charge in [-0.15, -0.1) is 10.2 Å². The van der Waals surface area contributed by atoms with Crippen molar-refractivity contribution in [1.29, 1.82) is 0 Å². The Morgan fingerprint density at radius 3 is 1.61 bits per heavy atom. The molecule has 0 atom stereocenters. The van der Waals surface area contributed by atoms with E-state index in [0.29, 0.717) is 0 Å². The molecule has 0 aliphatic rings. The number of halogens is 1. The second-order valence-corrected chi connectivity index (χ2v) is 7.71. The van der Waals surface area contributed by atoms with Gasteiger partial charge in [0.2, 0.25) is 0 Å². The molecule has 0 spiro atoms. The highest BCUT2D eigenvalue weighted by Crippen LogP contribution is 2.36. The van der Waals surface area contributed by atoms with Crippen LogP contribution in [0, 0.1) is 24.1 Å². The number of hydrogen-bond donors (Lipinski definition) is 0. The van der Waals surface area contributed by atoms with E-state index in [9.17, 15) is 0 Å². The van der Waals surface area contributed by atoms with Gasteiger partial charge in [-0.1, -0.05) is 66.2 Å². The van der Waals surface area contributed by atoms with E-state index in [2.05, 4.69) is 80.6 Å². The summed E-state index contributed by atoms with van der Waals surface area (Å²) in [5.41, 5.74) is 6.98.